The van der Waals surface area contributed by atoms with Crippen LogP contribution >= 0.6 is 11.6 Å². The van der Waals surface area contributed by atoms with Crippen molar-refractivity contribution in [2.75, 3.05) is 18.5 Å². The van der Waals surface area contributed by atoms with Crippen LogP contribution in [0.4, 0.5) is 10.1 Å². The molecule has 1 atom stereocenters. The van der Waals surface area contributed by atoms with Crippen molar-refractivity contribution in [1.29, 1.82) is 0 Å². The van der Waals surface area contributed by atoms with Crippen LogP contribution < -0.4 is 5.32 Å². The summed E-state index contributed by atoms with van der Waals surface area (Å²) in [6.45, 7) is 0.618. The first kappa shape index (κ1) is 15.5. The van der Waals surface area contributed by atoms with Gasteiger partial charge < -0.3 is 15.2 Å². The molecule has 2 rings (SSSR count). The van der Waals surface area contributed by atoms with Gasteiger partial charge in [-0.1, -0.05) is 30.9 Å². The summed E-state index contributed by atoms with van der Waals surface area (Å²) < 4.78 is 18.8. The van der Waals surface area contributed by atoms with Gasteiger partial charge in [-0.2, -0.15) is 0 Å². The third kappa shape index (κ3) is 5.27. The van der Waals surface area contributed by atoms with Crippen molar-refractivity contribution in [1.82, 2.24) is 0 Å². The fraction of sp³-hybridized carbons (Fsp3) is 0.600. The average molecular weight is 302 g/mol. The molecule has 0 heterocycles. The van der Waals surface area contributed by atoms with Crippen LogP contribution in [0.15, 0.2) is 18.2 Å². The molecule has 1 aliphatic rings. The minimum atomic E-state index is -0.612. The Morgan fingerprint density at radius 1 is 1.30 bits per heavy atom. The highest BCUT2D eigenvalue weighted by atomic mass is 35.5. The SMILES string of the molecule is OC(CNc1cc(F)cc(Cl)c1)COC1CCCCC1. The van der Waals surface area contributed by atoms with Crippen LogP contribution in [0, 0.1) is 5.82 Å². The first-order valence-electron chi connectivity index (χ1n) is 7.13. The Bertz CT molecular complexity index is 404. The monoisotopic (exact) mass is 301 g/mol. The van der Waals surface area contributed by atoms with Crippen LogP contribution in [0.5, 0.6) is 0 Å². The Morgan fingerprint density at radius 2 is 2.05 bits per heavy atom. The molecule has 3 nitrogen and oxygen atoms in total. The molecule has 112 valence electrons. The summed E-state index contributed by atoms with van der Waals surface area (Å²) in [7, 11) is 0. The van der Waals surface area contributed by atoms with Gasteiger partial charge in [0.2, 0.25) is 0 Å². The van der Waals surface area contributed by atoms with Crippen LogP contribution in [0.2, 0.25) is 5.02 Å². The number of nitrogens with one attached hydrogen (secondary N) is 1. The van der Waals surface area contributed by atoms with Crippen molar-refractivity contribution in [2.45, 2.75) is 44.3 Å². The molecule has 20 heavy (non-hydrogen) atoms. The zero-order valence-corrected chi connectivity index (χ0v) is 12.2. The van der Waals surface area contributed by atoms with E-state index < -0.39 is 11.9 Å². The number of aliphatic hydroxyl groups excluding tert-OH is 1. The topological polar surface area (TPSA) is 41.5 Å². The molecule has 0 amide bonds. The van der Waals surface area contributed by atoms with Crippen LogP contribution in [-0.4, -0.2) is 30.5 Å². The van der Waals surface area contributed by atoms with E-state index in [1.54, 1.807) is 6.07 Å². The second-order valence-corrected chi connectivity index (χ2v) is 5.72. The lowest BCUT2D eigenvalue weighted by Gasteiger charge is -2.23. The second kappa shape index (κ2) is 7.81. The zero-order valence-electron chi connectivity index (χ0n) is 11.4. The average Bonchev–Trinajstić information content (AvgIpc) is 2.43. The Labute approximate surface area is 124 Å². The van der Waals surface area contributed by atoms with Gasteiger partial charge in [-0.3, -0.25) is 0 Å². The first-order valence-corrected chi connectivity index (χ1v) is 7.51. The van der Waals surface area contributed by atoms with Crippen LogP contribution in [0.1, 0.15) is 32.1 Å². The van der Waals surface area contributed by atoms with Crippen molar-refractivity contribution >= 4 is 17.3 Å². The van der Waals surface area contributed by atoms with Crippen molar-refractivity contribution in [3.05, 3.63) is 29.0 Å². The van der Waals surface area contributed by atoms with Crippen LogP contribution in [0.3, 0.4) is 0 Å². The van der Waals surface area contributed by atoms with Crippen molar-refractivity contribution in [3.63, 3.8) is 0 Å². The maximum Gasteiger partial charge on any atom is 0.126 e. The minimum absolute atomic E-state index is 0.280. The third-order valence-corrected chi connectivity index (χ3v) is 3.70. The number of hydrogen-bond acceptors (Lipinski definition) is 3. The Balaban J connectivity index is 1.70. The molecule has 1 aliphatic carbocycles. The maximum absolute atomic E-state index is 13.1. The highest BCUT2D eigenvalue weighted by molar-refractivity contribution is 6.30. The highest BCUT2D eigenvalue weighted by Crippen LogP contribution is 2.20. The molecule has 1 fully saturated rings. The molecule has 2 N–H and O–H groups in total. The number of anilines is 1. The molecule has 1 aromatic carbocycles. The Hall–Kier alpha value is -0.840. The van der Waals surface area contributed by atoms with Gasteiger partial charge in [-0.15, -0.1) is 0 Å². The lowest BCUT2D eigenvalue weighted by molar-refractivity contribution is -0.0195. The van der Waals surface area contributed by atoms with Gasteiger partial charge in [-0.05, 0) is 31.0 Å². The van der Waals surface area contributed by atoms with E-state index in [2.05, 4.69) is 5.32 Å². The highest BCUT2D eigenvalue weighted by Gasteiger charge is 2.15. The number of aliphatic hydroxyl groups is 1. The largest absolute Gasteiger partial charge is 0.389 e. The summed E-state index contributed by atoms with van der Waals surface area (Å²) in [5, 5.41) is 13.2. The van der Waals surface area contributed by atoms with Crippen molar-refractivity contribution in [2.24, 2.45) is 0 Å². The summed E-state index contributed by atoms with van der Waals surface area (Å²) in [5.74, 6) is -0.395. The number of rotatable bonds is 6. The van der Waals surface area contributed by atoms with Gasteiger partial charge in [0, 0.05) is 17.3 Å². The van der Waals surface area contributed by atoms with E-state index in [9.17, 15) is 9.50 Å². The molecule has 0 bridgehead atoms. The minimum Gasteiger partial charge on any atom is -0.389 e. The van der Waals surface area contributed by atoms with Gasteiger partial charge in [0.1, 0.15) is 5.82 Å². The summed E-state index contributed by atoms with van der Waals surface area (Å²) in [6.07, 6.45) is 5.53. The lowest BCUT2D eigenvalue weighted by Crippen LogP contribution is -2.28. The van der Waals surface area contributed by atoms with Gasteiger partial charge in [-0.25, -0.2) is 4.39 Å². The number of ether oxygens (including phenoxy) is 1. The number of halogens is 2. The van der Waals surface area contributed by atoms with Gasteiger partial charge in [0.25, 0.3) is 0 Å². The molecular formula is C15H21ClFNO2. The predicted octanol–water partition coefficient (Wildman–Crippen LogP) is 3.60. The van der Waals surface area contributed by atoms with E-state index >= 15 is 0 Å². The summed E-state index contributed by atoms with van der Waals surface area (Å²) in [5.41, 5.74) is 0.562. The molecule has 0 saturated heterocycles. The van der Waals surface area contributed by atoms with Gasteiger partial charge in [0.15, 0.2) is 0 Å². The third-order valence-electron chi connectivity index (χ3n) is 3.48. The zero-order chi connectivity index (χ0) is 14.4. The molecule has 0 radical (unpaired) electrons. The maximum atomic E-state index is 13.1. The standard InChI is InChI=1S/C15H21ClFNO2/c16-11-6-12(17)8-13(7-11)18-9-14(19)10-20-15-4-2-1-3-5-15/h6-8,14-15,18-19H,1-5,9-10H2. The van der Waals surface area contributed by atoms with E-state index in [0.29, 0.717) is 23.9 Å². The molecule has 1 aromatic rings. The summed E-state index contributed by atoms with van der Waals surface area (Å²) >= 11 is 5.76. The molecule has 0 spiro atoms. The fourth-order valence-electron chi connectivity index (χ4n) is 2.43. The summed E-state index contributed by atoms with van der Waals surface area (Å²) in [6, 6.07) is 4.22. The lowest BCUT2D eigenvalue weighted by atomic mass is 9.98. The molecule has 5 heteroatoms. The molecular weight excluding hydrogens is 281 g/mol. The normalized spacial score (nSPS) is 17.9. The predicted molar refractivity (Wildman–Crippen MR) is 78.7 cm³/mol. The number of benzene rings is 1. The smallest absolute Gasteiger partial charge is 0.126 e. The van der Waals surface area contributed by atoms with Crippen LogP contribution in [-0.2, 0) is 4.74 Å². The van der Waals surface area contributed by atoms with E-state index in [0.717, 1.165) is 12.8 Å². The van der Waals surface area contributed by atoms with E-state index in [-0.39, 0.29) is 6.10 Å². The molecule has 0 aromatic heterocycles. The van der Waals surface area contributed by atoms with Crippen molar-refractivity contribution < 1.29 is 14.2 Å². The summed E-state index contributed by atoms with van der Waals surface area (Å²) in [4.78, 5) is 0. The van der Waals surface area contributed by atoms with E-state index in [1.807, 2.05) is 0 Å². The molecule has 1 unspecified atom stereocenters. The van der Waals surface area contributed by atoms with Crippen molar-refractivity contribution in [3.8, 4) is 0 Å². The van der Waals surface area contributed by atoms with E-state index in [4.69, 9.17) is 16.3 Å². The van der Waals surface area contributed by atoms with Crippen LogP contribution in [0.25, 0.3) is 0 Å². The Kier molecular flexibility index (Phi) is 6.07. The Morgan fingerprint density at radius 3 is 2.75 bits per heavy atom. The molecule has 0 aliphatic heterocycles. The van der Waals surface area contributed by atoms with Gasteiger partial charge in [0.05, 0.1) is 18.8 Å². The quantitative estimate of drug-likeness (QED) is 0.843. The molecule has 1 saturated carbocycles. The number of hydrogen-bond donors (Lipinski definition) is 2. The van der Waals surface area contributed by atoms with E-state index in [1.165, 1.54) is 31.4 Å². The van der Waals surface area contributed by atoms with Gasteiger partial charge >= 0.3 is 0 Å². The first-order chi connectivity index (χ1) is 9.63. The second-order valence-electron chi connectivity index (χ2n) is 5.29. The fourth-order valence-corrected chi connectivity index (χ4v) is 2.65.